The summed E-state index contributed by atoms with van der Waals surface area (Å²) in [5.41, 5.74) is 6.37. The maximum atomic E-state index is 14.0. The van der Waals surface area contributed by atoms with Crippen LogP contribution in [0.4, 0.5) is 0 Å². The third kappa shape index (κ3) is 7.73. The summed E-state index contributed by atoms with van der Waals surface area (Å²) < 4.78 is 0. The van der Waals surface area contributed by atoms with Gasteiger partial charge in [0.1, 0.15) is 0 Å². The number of H-pyrrole nitrogens is 2. The van der Waals surface area contributed by atoms with Gasteiger partial charge in [-0.1, -0.05) is 49.0 Å². The van der Waals surface area contributed by atoms with E-state index in [4.69, 9.17) is 0 Å². The van der Waals surface area contributed by atoms with Crippen molar-refractivity contribution in [3.8, 4) is 0 Å². The van der Waals surface area contributed by atoms with Crippen molar-refractivity contribution in [2.75, 3.05) is 53.4 Å². The number of carbonyl (C=O) groups is 2. The van der Waals surface area contributed by atoms with E-state index in [1.54, 1.807) is 12.1 Å². The first kappa shape index (κ1) is 41.0. The summed E-state index contributed by atoms with van der Waals surface area (Å²) in [5, 5.41) is 0. The molecule has 2 saturated heterocycles. The predicted molar refractivity (Wildman–Crippen MR) is 229 cm³/mol. The van der Waals surface area contributed by atoms with Gasteiger partial charge in [0.15, 0.2) is 0 Å². The summed E-state index contributed by atoms with van der Waals surface area (Å²) in [4.78, 5) is 68.0. The van der Waals surface area contributed by atoms with Crippen LogP contribution in [0.5, 0.6) is 0 Å². The van der Waals surface area contributed by atoms with Crippen molar-refractivity contribution in [1.29, 1.82) is 0 Å². The molecule has 6 atom stereocenters. The molecule has 2 N–H and O–H groups in total. The molecular weight excluding hydrogens is 725 g/mol. The van der Waals surface area contributed by atoms with Crippen LogP contribution >= 0.6 is 0 Å². The van der Waals surface area contributed by atoms with E-state index in [1.165, 1.54) is 48.0 Å². The zero-order valence-corrected chi connectivity index (χ0v) is 35.8. The van der Waals surface area contributed by atoms with E-state index in [0.717, 1.165) is 115 Å². The molecule has 2 aliphatic heterocycles. The van der Waals surface area contributed by atoms with Crippen molar-refractivity contribution in [1.82, 2.24) is 29.6 Å². The molecule has 8 rings (SSSR count). The number of nitrogens with zero attached hydrogens (tertiary/aromatic N) is 4. The van der Waals surface area contributed by atoms with Gasteiger partial charge >= 0.3 is 0 Å². The molecule has 0 aromatic carbocycles. The Labute approximate surface area is 345 Å². The van der Waals surface area contributed by atoms with E-state index in [-0.39, 0.29) is 34.0 Å². The number of unbranched alkanes of at least 4 members (excludes halogenated alkanes) is 5. The first-order valence-corrected chi connectivity index (χ1v) is 22.8. The molecule has 58 heavy (non-hydrogen) atoms. The van der Waals surface area contributed by atoms with Crippen molar-refractivity contribution < 1.29 is 9.59 Å². The van der Waals surface area contributed by atoms with Gasteiger partial charge in [-0.05, 0) is 152 Å². The monoisotopic (exact) mass is 793 g/mol. The molecule has 2 amide bonds. The van der Waals surface area contributed by atoms with Gasteiger partial charge in [0, 0.05) is 62.5 Å². The number of carbonyl (C=O) groups excluding carboxylic acids is 2. The van der Waals surface area contributed by atoms with Crippen LogP contribution in [0.1, 0.15) is 126 Å². The minimum Gasteiger partial charge on any atom is -0.332 e. The first-order valence-electron chi connectivity index (χ1n) is 22.8. The van der Waals surface area contributed by atoms with E-state index in [9.17, 15) is 19.2 Å². The van der Waals surface area contributed by atoms with Crippen molar-refractivity contribution >= 4 is 11.8 Å². The highest BCUT2D eigenvalue weighted by Gasteiger charge is 2.58. The SMILES string of the molecule is CC1=CC2Cc3[nH]c(=O)ccc3[C@@]3(C1)[C@@H]2CCCN3C(=O)CCN(C)CCCCCCCCN(C)CCC(=O)N1CCC[C@@H]2C3C=C(C)C[C@]21c1ccc(=O)[nH]c1C3. The number of rotatable bonds is 15. The molecule has 0 radical (unpaired) electrons. The van der Waals surface area contributed by atoms with Crippen LogP contribution in [0, 0.1) is 23.7 Å². The zero-order valence-electron chi connectivity index (χ0n) is 35.8. The van der Waals surface area contributed by atoms with Crippen LogP contribution in [0.2, 0.25) is 0 Å². The van der Waals surface area contributed by atoms with Crippen molar-refractivity contribution in [3.63, 3.8) is 0 Å². The minimum absolute atomic E-state index is 0.0513. The van der Waals surface area contributed by atoms with Gasteiger partial charge in [0.2, 0.25) is 22.9 Å². The normalized spacial score (nSPS) is 28.3. The number of hydrogen-bond donors (Lipinski definition) is 2. The van der Waals surface area contributed by atoms with Gasteiger partial charge < -0.3 is 29.6 Å². The first-order chi connectivity index (χ1) is 28.0. The van der Waals surface area contributed by atoms with Crippen molar-refractivity contribution in [2.24, 2.45) is 23.7 Å². The number of hydrogen-bond acceptors (Lipinski definition) is 6. The van der Waals surface area contributed by atoms with Gasteiger partial charge in [-0.25, -0.2) is 0 Å². The third-order valence-corrected chi connectivity index (χ3v) is 15.3. The largest absolute Gasteiger partial charge is 0.332 e. The lowest BCUT2D eigenvalue weighted by Gasteiger charge is -2.59. The van der Waals surface area contributed by atoms with Crippen molar-refractivity contribution in [2.45, 2.75) is 128 Å². The number of aromatic nitrogens is 2. The standard InChI is InChI=1S/C48H68N6O4/c1-33-27-35-29-41-39(15-17-43(55)49-41)47(31-33)37(35)13-11-23-53(47)45(57)19-25-51(3)21-9-7-5-6-8-10-22-52(4)26-20-46(58)54-24-12-14-38-36-28-34(2)32-48(38,54)40-16-18-44(56)50-42(40)30-36/h15-18,27-28,35-38H,5-14,19-26,29-32H2,1-4H3,(H,49,55)(H,50,56)/t35?,36?,37-,38-,47-,48-/m1/s1. The Morgan fingerprint density at radius 2 is 1.05 bits per heavy atom. The number of piperidine rings is 2. The predicted octanol–water partition coefficient (Wildman–Crippen LogP) is 6.66. The Hall–Kier alpha value is -3.76. The van der Waals surface area contributed by atoms with E-state index in [2.05, 4.69) is 69.7 Å². The number of amides is 2. The number of nitrogens with one attached hydrogen (secondary N) is 2. The molecule has 314 valence electrons. The molecule has 2 aromatic rings. The second kappa shape index (κ2) is 17.1. The summed E-state index contributed by atoms with van der Waals surface area (Å²) in [7, 11) is 4.30. The lowest BCUT2D eigenvalue weighted by molar-refractivity contribution is -0.149. The highest BCUT2D eigenvalue weighted by atomic mass is 16.2. The molecule has 0 spiro atoms. The molecule has 6 aliphatic rings. The fourth-order valence-electron chi connectivity index (χ4n) is 12.9. The summed E-state index contributed by atoms with van der Waals surface area (Å²) in [5.74, 6) is 2.09. The Balaban J connectivity index is 0.736. The van der Waals surface area contributed by atoms with Crippen LogP contribution in [-0.2, 0) is 33.5 Å². The van der Waals surface area contributed by atoms with Crippen LogP contribution in [0.25, 0.3) is 0 Å². The molecule has 4 aliphatic carbocycles. The highest BCUT2D eigenvalue weighted by molar-refractivity contribution is 5.79. The fourth-order valence-corrected chi connectivity index (χ4v) is 12.9. The Morgan fingerprint density at radius 3 is 1.48 bits per heavy atom. The molecule has 10 nitrogen and oxygen atoms in total. The average Bonchev–Trinajstić information content (AvgIpc) is 3.18. The second-order valence-corrected chi connectivity index (χ2v) is 19.2. The van der Waals surface area contributed by atoms with Crippen LogP contribution in [0.15, 0.2) is 57.2 Å². The van der Waals surface area contributed by atoms with Crippen LogP contribution < -0.4 is 11.1 Å². The summed E-state index contributed by atoms with van der Waals surface area (Å²) >= 11 is 0. The maximum Gasteiger partial charge on any atom is 0.248 e. The number of likely N-dealkylation sites (tertiary alicyclic amines) is 2. The molecule has 2 fully saturated rings. The van der Waals surface area contributed by atoms with Gasteiger partial charge in [-0.15, -0.1) is 0 Å². The topological polar surface area (TPSA) is 113 Å². The molecule has 10 heteroatoms. The summed E-state index contributed by atoms with van der Waals surface area (Å²) in [6, 6.07) is 7.34. The van der Waals surface area contributed by atoms with E-state index >= 15 is 0 Å². The van der Waals surface area contributed by atoms with Crippen molar-refractivity contribution in [3.05, 3.63) is 90.8 Å². The van der Waals surface area contributed by atoms with Gasteiger partial charge in [-0.3, -0.25) is 19.2 Å². The molecular formula is C48H68N6O4. The van der Waals surface area contributed by atoms with E-state index < -0.39 is 0 Å². The second-order valence-electron chi connectivity index (χ2n) is 19.2. The average molecular weight is 793 g/mol. The molecule has 4 bridgehead atoms. The number of pyridine rings is 2. The fraction of sp³-hybridized carbons (Fsp3) is 0.667. The highest BCUT2D eigenvalue weighted by Crippen LogP contribution is 2.58. The number of allylic oxidation sites excluding steroid dienone is 2. The Bertz CT molecular complexity index is 1890. The smallest absolute Gasteiger partial charge is 0.248 e. The Morgan fingerprint density at radius 1 is 0.638 bits per heavy atom. The van der Waals surface area contributed by atoms with Gasteiger partial charge in [0.25, 0.3) is 0 Å². The van der Waals surface area contributed by atoms with Gasteiger partial charge in [-0.2, -0.15) is 0 Å². The van der Waals surface area contributed by atoms with Crippen LogP contribution in [-0.4, -0.2) is 94.7 Å². The lowest BCUT2D eigenvalue weighted by Crippen LogP contribution is -2.62. The van der Waals surface area contributed by atoms with E-state index in [0.29, 0.717) is 36.5 Å². The third-order valence-electron chi connectivity index (χ3n) is 15.3. The maximum absolute atomic E-state index is 14.0. The quantitative estimate of drug-likeness (QED) is 0.154. The van der Waals surface area contributed by atoms with Gasteiger partial charge in [0.05, 0.1) is 11.1 Å². The molecule has 4 heterocycles. The zero-order chi connectivity index (χ0) is 40.6. The van der Waals surface area contributed by atoms with E-state index in [1.807, 2.05) is 12.1 Å². The summed E-state index contributed by atoms with van der Waals surface area (Å²) in [6.45, 7) is 9.57. The van der Waals surface area contributed by atoms with Crippen LogP contribution in [0.3, 0.4) is 0 Å². The molecule has 2 unspecified atom stereocenters. The number of fused-ring (bicyclic) bond motifs is 2. The molecule has 0 saturated carbocycles. The minimum atomic E-state index is -0.332. The Kier molecular flexibility index (Phi) is 12.1. The molecule has 2 aromatic heterocycles. The summed E-state index contributed by atoms with van der Waals surface area (Å²) in [6.07, 6.45) is 20.8. The lowest BCUT2D eigenvalue weighted by atomic mass is 9.56. The number of aromatic amines is 2.